The van der Waals surface area contributed by atoms with E-state index >= 15 is 0 Å². The average molecular weight is 136 g/mol. The van der Waals surface area contributed by atoms with Crippen molar-refractivity contribution in [2.75, 3.05) is 0 Å². The van der Waals surface area contributed by atoms with Crippen LogP contribution in [0.2, 0.25) is 0 Å². The summed E-state index contributed by atoms with van der Waals surface area (Å²) in [5.74, 6) is 0.475. The van der Waals surface area contributed by atoms with Gasteiger partial charge >= 0.3 is 29.6 Å². The van der Waals surface area contributed by atoms with Crippen molar-refractivity contribution in [1.29, 1.82) is 0 Å². The van der Waals surface area contributed by atoms with E-state index in [1.54, 1.807) is 0 Å². The van der Waals surface area contributed by atoms with E-state index in [2.05, 4.69) is 0 Å². The molecule has 1 nitrogen and oxygen atoms in total. The van der Waals surface area contributed by atoms with E-state index < -0.39 is 0 Å². The fourth-order valence-electron chi connectivity index (χ4n) is 1.12. The molecule has 0 atom stereocenters. The minimum absolute atomic E-state index is 0. The topological polar surface area (TPSA) is 17.1 Å². The Labute approximate surface area is 78.5 Å². The van der Waals surface area contributed by atoms with E-state index in [4.69, 9.17) is 0 Å². The van der Waals surface area contributed by atoms with E-state index in [-0.39, 0.29) is 29.6 Å². The van der Waals surface area contributed by atoms with Crippen LogP contribution >= 0.6 is 0 Å². The van der Waals surface area contributed by atoms with E-state index in [0.717, 1.165) is 25.7 Å². The van der Waals surface area contributed by atoms with Gasteiger partial charge in [0, 0.05) is 12.8 Å². The first-order valence-electron chi connectivity index (χ1n) is 3.41. The third-order valence-corrected chi connectivity index (χ3v) is 1.66. The van der Waals surface area contributed by atoms with E-state index in [9.17, 15) is 4.79 Å². The molecule has 0 unspecified atom stereocenters. The Morgan fingerprint density at radius 3 is 1.78 bits per heavy atom. The van der Waals surface area contributed by atoms with Gasteiger partial charge in [-0.25, -0.2) is 0 Å². The molecule has 9 heavy (non-hydrogen) atoms. The zero-order valence-electron chi connectivity index (χ0n) is 5.15. The van der Waals surface area contributed by atoms with E-state index in [1.807, 2.05) is 0 Å². The molecule has 0 aromatic heterocycles. The van der Waals surface area contributed by atoms with Crippen molar-refractivity contribution in [2.45, 2.75) is 38.5 Å². The Balaban J connectivity index is 0.000000640. The molecule has 0 spiro atoms. The van der Waals surface area contributed by atoms with Gasteiger partial charge in [-0.1, -0.05) is 12.8 Å². The quantitative estimate of drug-likeness (QED) is 0.362. The Morgan fingerprint density at radius 1 is 0.889 bits per heavy atom. The second kappa shape index (κ2) is 5.45. The second-order valence-electron chi connectivity index (χ2n) is 2.45. The molecule has 1 fully saturated rings. The maximum absolute atomic E-state index is 10.7. The Bertz CT molecular complexity index is 80.9. The summed E-state index contributed by atoms with van der Waals surface area (Å²) in [6, 6.07) is 0. The van der Waals surface area contributed by atoms with Gasteiger partial charge in [0.1, 0.15) is 5.78 Å². The van der Waals surface area contributed by atoms with Crippen molar-refractivity contribution in [3.63, 3.8) is 0 Å². The van der Waals surface area contributed by atoms with Crippen LogP contribution in [0.5, 0.6) is 0 Å². The molecular formula is C7H13NaO. The molecule has 0 aromatic carbocycles. The zero-order valence-corrected chi connectivity index (χ0v) is 5.15. The number of ketones is 1. The average Bonchev–Trinajstić information content (AvgIpc) is 1.94. The van der Waals surface area contributed by atoms with Crippen molar-refractivity contribution in [1.82, 2.24) is 0 Å². The summed E-state index contributed by atoms with van der Waals surface area (Å²) < 4.78 is 0. The number of Topliss-reactive ketones (excluding diaryl/α,β-unsaturated/α-hetero) is 1. The van der Waals surface area contributed by atoms with Crippen LogP contribution in [-0.4, -0.2) is 35.3 Å². The summed E-state index contributed by atoms with van der Waals surface area (Å²) in [6.45, 7) is 0. The molecule has 1 saturated carbocycles. The van der Waals surface area contributed by atoms with Crippen molar-refractivity contribution < 1.29 is 4.79 Å². The molecule has 0 saturated heterocycles. The summed E-state index contributed by atoms with van der Waals surface area (Å²) in [5, 5.41) is 0. The molecule has 1 aliphatic rings. The minimum atomic E-state index is 0. The molecule has 1 aliphatic carbocycles. The third-order valence-electron chi connectivity index (χ3n) is 1.66. The maximum atomic E-state index is 10.7. The van der Waals surface area contributed by atoms with Crippen LogP contribution in [-0.2, 0) is 4.79 Å². The summed E-state index contributed by atoms with van der Waals surface area (Å²) in [4.78, 5) is 10.7. The van der Waals surface area contributed by atoms with Gasteiger partial charge in [0.2, 0.25) is 0 Å². The van der Waals surface area contributed by atoms with Crippen molar-refractivity contribution in [2.24, 2.45) is 0 Å². The van der Waals surface area contributed by atoms with Gasteiger partial charge in [0.05, 0.1) is 0 Å². The van der Waals surface area contributed by atoms with Gasteiger partial charge in [0.25, 0.3) is 0 Å². The Hall–Kier alpha value is 0.670. The van der Waals surface area contributed by atoms with Crippen molar-refractivity contribution in [3.8, 4) is 0 Å². The normalized spacial score (nSPS) is 20.2. The third kappa shape index (κ3) is 4.12. The number of carbonyl (C=O) groups excluding carboxylic acids is 1. The standard InChI is InChI=1S/C7H12O.Na.H/c8-7-5-3-1-2-4-6-7;;/h1-6H2;;. The first kappa shape index (κ1) is 9.67. The van der Waals surface area contributed by atoms with Crippen LogP contribution in [0.1, 0.15) is 38.5 Å². The fourth-order valence-corrected chi connectivity index (χ4v) is 1.12. The van der Waals surface area contributed by atoms with Crippen LogP contribution in [0.4, 0.5) is 0 Å². The first-order valence-corrected chi connectivity index (χ1v) is 3.41. The Kier molecular flexibility index (Phi) is 5.86. The molecule has 0 amide bonds. The second-order valence-corrected chi connectivity index (χ2v) is 2.45. The SMILES string of the molecule is O=C1CCCCCC1.[NaH]. The summed E-state index contributed by atoms with van der Waals surface area (Å²) in [6.07, 6.45) is 6.51. The monoisotopic (exact) mass is 136 g/mol. The van der Waals surface area contributed by atoms with Gasteiger partial charge < -0.3 is 0 Å². The molecule has 0 radical (unpaired) electrons. The zero-order chi connectivity index (χ0) is 5.82. The van der Waals surface area contributed by atoms with Crippen molar-refractivity contribution in [3.05, 3.63) is 0 Å². The molecule has 0 aliphatic heterocycles. The molecule has 2 heteroatoms. The fraction of sp³-hybridized carbons (Fsp3) is 0.857. The van der Waals surface area contributed by atoms with Crippen LogP contribution in [0.15, 0.2) is 0 Å². The predicted molar refractivity (Wildman–Crippen MR) is 39.9 cm³/mol. The van der Waals surface area contributed by atoms with E-state index in [0.29, 0.717) is 5.78 Å². The van der Waals surface area contributed by atoms with Gasteiger partial charge in [-0.2, -0.15) is 0 Å². The molecule has 48 valence electrons. The summed E-state index contributed by atoms with van der Waals surface area (Å²) in [7, 11) is 0. The molecule has 0 N–H and O–H groups in total. The first-order chi connectivity index (χ1) is 3.89. The molecule has 0 bridgehead atoms. The molecule has 1 rings (SSSR count). The van der Waals surface area contributed by atoms with E-state index in [1.165, 1.54) is 12.8 Å². The number of carbonyl (C=O) groups is 1. The van der Waals surface area contributed by atoms with Crippen LogP contribution in [0.3, 0.4) is 0 Å². The molecule has 0 heterocycles. The number of rotatable bonds is 0. The molecular weight excluding hydrogens is 123 g/mol. The summed E-state index contributed by atoms with van der Waals surface area (Å²) >= 11 is 0. The predicted octanol–water partition coefficient (Wildman–Crippen LogP) is 1.26. The van der Waals surface area contributed by atoms with Gasteiger partial charge in [0.15, 0.2) is 0 Å². The van der Waals surface area contributed by atoms with Crippen LogP contribution < -0.4 is 0 Å². The Morgan fingerprint density at radius 2 is 1.33 bits per heavy atom. The van der Waals surface area contributed by atoms with Crippen LogP contribution in [0, 0.1) is 0 Å². The van der Waals surface area contributed by atoms with Gasteiger partial charge in [-0.15, -0.1) is 0 Å². The molecule has 0 aromatic rings. The van der Waals surface area contributed by atoms with Gasteiger partial charge in [-0.05, 0) is 12.8 Å². The summed E-state index contributed by atoms with van der Waals surface area (Å²) in [5.41, 5.74) is 0. The van der Waals surface area contributed by atoms with Crippen LogP contribution in [0.25, 0.3) is 0 Å². The van der Waals surface area contributed by atoms with Gasteiger partial charge in [-0.3, -0.25) is 4.79 Å². The van der Waals surface area contributed by atoms with Crippen molar-refractivity contribution >= 4 is 35.3 Å². The number of hydrogen-bond acceptors (Lipinski definition) is 1. The number of hydrogen-bond donors (Lipinski definition) is 0.